The summed E-state index contributed by atoms with van der Waals surface area (Å²) in [7, 11) is 1.74. The van der Waals surface area contributed by atoms with Gasteiger partial charge in [0.1, 0.15) is 0 Å². The first-order chi connectivity index (χ1) is 7.22. The number of aryl methyl sites for hydroxylation is 1. The van der Waals surface area contributed by atoms with E-state index < -0.39 is 0 Å². The van der Waals surface area contributed by atoms with E-state index in [0.29, 0.717) is 6.04 Å². The van der Waals surface area contributed by atoms with Crippen LogP contribution in [0.15, 0.2) is 6.20 Å². The lowest BCUT2D eigenvalue weighted by molar-refractivity contribution is 0.154. The number of hydrogen-bond donors (Lipinski definition) is 1. The summed E-state index contributed by atoms with van der Waals surface area (Å²) in [6, 6.07) is 0.366. The molecule has 1 heterocycles. The molecule has 0 aliphatic heterocycles. The van der Waals surface area contributed by atoms with Gasteiger partial charge in [0.25, 0.3) is 0 Å². The average Bonchev–Trinajstić information content (AvgIpc) is 2.56. The van der Waals surface area contributed by atoms with Gasteiger partial charge in [-0.1, -0.05) is 6.92 Å². The van der Waals surface area contributed by atoms with Crippen molar-refractivity contribution in [1.82, 2.24) is 9.55 Å². The summed E-state index contributed by atoms with van der Waals surface area (Å²) in [5.74, 6) is 0.943. The van der Waals surface area contributed by atoms with Crippen LogP contribution in [-0.4, -0.2) is 29.8 Å². The minimum atomic E-state index is 0.366. The zero-order valence-corrected chi connectivity index (χ0v) is 10.1. The molecular formula is C11H21N3O. The van der Waals surface area contributed by atoms with Gasteiger partial charge in [-0.3, -0.25) is 0 Å². The first-order valence-electron chi connectivity index (χ1n) is 5.51. The molecule has 1 aromatic rings. The quantitative estimate of drug-likeness (QED) is 0.784. The Hall–Kier alpha value is -1.03. The van der Waals surface area contributed by atoms with Crippen molar-refractivity contribution in [2.75, 3.05) is 25.6 Å². The SMILES string of the molecule is CCNc1nc(C)cn1C(CC)COC. The van der Waals surface area contributed by atoms with Crippen LogP contribution >= 0.6 is 0 Å². The van der Waals surface area contributed by atoms with Crippen molar-refractivity contribution < 1.29 is 4.74 Å². The molecule has 0 saturated heterocycles. The second kappa shape index (κ2) is 5.75. The van der Waals surface area contributed by atoms with Crippen molar-refractivity contribution in [2.45, 2.75) is 33.2 Å². The van der Waals surface area contributed by atoms with E-state index >= 15 is 0 Å². The Kier molecular flexibility index (Phi) is 4.62. The zero-order chi connectivity index (χ0) is 11.3. The van der Waals surface area contributed by atoms with Crippen LogP contribution in [-0.2, 0) is 4.74 Å². The Morgan fingerprint density at radius 3 is 2.80 bits per heavy atom. The first-order valence-corrected chi connectivity index (χ1v) is 5.51. The highest BCUT2D eigenvalue weighted by atomic mass is 16.5. The van der Waals surface area contributed by atoms with Crippen molar-refractivity contribution in [3.8, 4) is 0 Å². The molecule has 1 aromatic heterocycles. The monoisotopic (exact) mass is 211 g/mol. The van der Waals surface area contributed by atoms with Crippen molar-refractivity contribution in [2.24, 2.45) is 0 Å². The largest absolute Gasteiger partial charge is 0.383 e. The molecule has 4 heteroatoms. The molecule has 1 atom stereocenters. The van der Waals surface area contributed by atoms with Crippen molar-refractivity contribution in [3.63, 3.8) is 0 Å². The van der Waals surface area contributed by atoms with Gasteiger partial charge in [-0.05, 0) is 20.3 Å². The Bertz CT molecular complexity index is 296. The Morgan fingerprint density at radius 1 is 1.53 bits per heavy atom. The van der Waals surface area contributed by atoms with Crippen LogP contribution in [0.1, 0.15) is 32.0 Å². The van der Waals surface area contributed by atoms with E-state index in [1.165, 1.54) is 0 Å². The molecule has 4 nitrogen and oxygen atoms in total. The predicted octanol–water partition coefficient (Wildman–Crippen LogP) is 2.22. The number of nitrogens with zero attached hydrogens (tertiary/aromatic N) is 2. The van der Waals surface area contributed by atoms with Crippen molar-refractivity contribution in [1.29, 1.82) is 0 Å². The third-order valence-electron chi connectivity index (χ3n) is 2.41. The fourth-order valence-corrected chi connectivity index (χ4v) is 1.67. The van der Waals surface area contributed by atoms with Crippen LogP contribution in [0.4, 0.5) is 5.95 Å². The van der Waals surface area contributed by atoms with Gasteiger partial charge >= 0.3 is 0 Å². The van der Waals surface area contributed by atoms with Gasteiger partial charge in [-0.15, -0.1) is 0 Å². The van der Waals surface area contributed by atoms with E-state index in [-0.39, 0.29) is 0 Å². The lowest BCUT2D eigenvalue weighted by atomic mass is 10.2. The van der Waals surface area contributed by atoms with Gasteiger partial charge < -0.3 is 14.6 Å². The molecule has 0 bridgehead atoms. The second-order valence-electron chi connectivity index (χ2n) is 3.66. The third kappa shape index (κ3) is 2.96. The number of ether oxygens (including phenoxy) is 1. The van der Waals surface area contributed by atoms with Crippen LogP contribution in [0, 0.1) is 6.92 Å². The minimum absolute atomic E-state index is 0.366. The molecule has 15 heavy (non-hydrogen) atoms. The zero-order valence-electron chi connectivity index (χ0n) is 10.1. The molecular weight excluding hydrogens is 190 g/mol. The van der Waals surface area contributed by atoms with Crippen LogP contribution in [0.25, 0.3) is 0 Å². The fraction of sp³-hybridized carbons (Fsp3) is 0.727. The maximum absolute atomic E-state index is 5.22. The standard InChI is InChI=1S/C11H21N3O/c1-5-10(8-15-4)14-7-9(3)13-11(14)12-6-2/h7,10H,5-6,8H2,1-4H3,(H,12,13). The van der Waals surface area contributed by atoms with E-state index in [9.17, 15) is 0 Å². The molecule has 86 valence electrons. The van der Waals surface area contributed by atoms with Gasteiger partial charge in [-0.25, -0.2) is 4.98 Å². The van der Waals surface area contributed by atoms with E-state index in [1.54, 1.807) is 7.11 Å². The van der Waals surface area contributed by atoms with Gasteiger partial charge in [-0.2, -0.15) is 0 Å². The van der Waals surface area contributed by atoms with Gasteiger partial charge in [0.05, 0.1) is 18.3 Å². The summed E-state index contributed by atoms with van der Waals surface area (Å²) >= 11 is 0. The summed E-state index contributed by atoms with van der Waals surface area (Å²) in [5.41, 5.74) is 1.04. The molecule has 0 amide bonds. The fourth-order valence-electron chi connectivity index (χ4n) is 1.67. The molecule has 0 aromatic carbocycles. The summed E-state index contributed by atoms with van der Waals surface area (Å²) < 4.78 is 7.38. The van der Waals surface area contributed by atoms with Gasteiger partial charge in [0.2, 0.25) is 5.95 Å². The summed E-state index contributed by atoms with van der Waals surface area (Å²) in [4.78, 5) is 4.45. The average molecular weight is 211 g/mol. The highest BCUT2D eigenvalue weighted by molar-refractivity contribution is 5.29. The Morgan fingerprint density at radius 2 is 2.27 bits per heavy atom. The number of methoxy groups -OCH3 is 1. The second-order valence-corrected chi connectivity index (χ2v) is 3.66. The third-order valence-corrected chi connectivity index (χ3v) is 2.41. The lowest BCUT2D eigenvalue weighted by Gasteiger charge is -2.18. The van der Waals surface area contributed by atoms with Crippen LogP contribution in [0.5, 0.6) is 0 Å². The molecule has 0 saturated carbocycles. The van der Waals surface area contributed by atoms with Crippen LogP contribution < -0.4 is 5.32 Å². The van der Waals surface area contributed by atoms with E-state index in [1.807, 2.05) is 6.92 Å². The molecule has 1 N–H and O–H groups in total. The number of anilines is 1. The number of nitrogens with one attached hydrogen (secondary N) is 1. The molecule has 0 aliphatic rings. The van der Waals surface area contributed by atoms with Crippen LogP contribution in [0.2, 0.25) is 0 Å². The maximum Gasteiger partial charge on any atom is 0.203 e. The molecule has 1 unspecified atom stereocenters. The number of rotatable bonds is 6. The van der Waals surface area contributed by atoms with E-state index in [4.69, 9.17) is 4.74 Å². The topological polar surface area (TPSA) is 39.1 Å². The highest BCUT2D eigenvalue weighted by Gasteiger charge is 2.13. The summed E-state index contributed by atoms with van der Waals surface area (Å²) in [6.07, 6.45) is 3.12. The Labute approximate surface area is 91.7 Å². The molecule has 1 rings (SSSR count). The Balaban J connectivity index is 2.88. The van der Waals surface area contributed by atoms with Gasteiger partial charge in [0.15, 0.2) is 0 Å². The molecule has 0 fully saturated rings. The number of imidazole rings is 1. The highest BCUT2D eigenvalue weighted by Crippen LogP contribution is 2.19. The smallest absolute Gasteiger partial charge is 0.203 e. The molecule has 0 radical (unpaired) electrons. The summed E-state index contributed by atoms with van der Waals surface area (Å²) in [5, 5.41) is 3.27. The number of hydrogen-bond acceptors (Lipinski definition) is 3. The van der Waals surface area contributed by atoms with E-state index in [2.05, 4.69) is 34.9 Å². The molecule has 0 spiro atoms. The lowest BCUT2D eigenvalue weighted by Crippen LogP contribution is -2.16. The predicted molar refractivity (Wildman–Crippen MR) is 62.3 cm³/mol. The first kappa shape index (κ1) is 12.0. The van der Waals surface area contributed by atoms with Crippen LogP contribution in [0.3, 0.4) is 0 Å². The van der Waals surface area contributed by atoms with Crippen molar-refractivity contribution in [3.05, 3.63) is 11.9 Å². The molecule has 0 aliphatic carbocycles. The van der Waals surface area contributed by atoms with Gasteiger partial charge in [0, 0.05) is 19.9 Å². The number of aromatic nitrogens is 2. The van der Waals surface area contributed by atoms with E-state index in [0.717, 1.165) is 31.2 Å². The normalized spacial score (nSPS) is 12.8. The maximum atomic E-state index is 5.22. The minimum Gasteiger partial charge on any atom is -0.383 e. The summed E-state index contributed by atoms with van der Waals surface area (Å²) in [6.45, 7) is 7.86. The van der Waals surface area contributed by atoms with Crippen molar-refractivity contribution >= 4 is 5.95 Å².